The summed E-state index contributed by atoms with van der Waals surface area (Å²) in [6.07, 6.45) is -11.4. The van der Waals surface area contributed by atoms with Crippen LogP contribution in [-0.4, -0.2) is 95.1 Å². The maximum absolute atomic E-state index is 13.5. The van der Waals surface area contributed by atoms with E-state index in [1.54, 1.807) is 62.4 Å². The fraction of sp³-hybridized carbons (Fsp3) is 0.289. The van der Waals surface area contributed by atoms with Crippen molar-refractivity contribution in [2.75, 3.05) is 10.6 Å². The summed E-state index contributed by atoms with van der Waals surface area (Å²) in [6.45, 7) is 5.03. The second kappa shape index (κ2) is 17.4. The first-order valence-corrected chi connectivity index (χ1v) is 21.6. The fourth-order valence-corrected chi connectivity index (χ4v) is 8.45. The van der Waals surface area contributed by atoms with E-state index in [1.807, 2.05) is 13.0 Å². The van der Waals surface area contributed by atoms with Crippen LogP contribution >= 0.6 is 0 Å². The highest BCUT2D eigenvalue weighted by atomic mass is 19.4. The average Bonchev–Trinajstić information content (AvgIpc) is 4.12. The van der Waals surface area contributed by atoms with Crippen molar-refractivity contribution in [2.45, 2.75) is 81.5 Å². The molecular formula is C45H34F10N14O4. The zero-order valence-corrected chi connectivity index (χ0v) is 37.7. The van der Waals surface area contributed by atoms with Crippen LogP contribution in [0.15, 0.2) is 89.2 Å². The number of nitrogens with one attached hydrogen (secondary N) is 4. The molecule has 378 valence electrons. The number of fused-ring (bicyclic) bond motifs is 4. The molecule has 2 amide bonds. The van der Waals surface area contributed by atoms with Gasteiger partial charge in [-0.1, -0.05) is 60.2 Å². The van der Waals surface area contributed by atoms with Crippen molar-refractivity contribution in [3.05, 3.63) is 140 Å². The molecule has 2 aromatic carbocycles. The molecule has 10 rings (SSSR count). The molecule has 2 aliphatic heterocycles. The number of anilines is 2. The number of carbonyl (C=O) groups excluding carboxylic acids is 2. The summed E-state index contributed by atoms with van der Waals surface area (Å²) in [4.78, 5) is 82.0. The number of amides is 2. The van der Waals surface area contributed by atoms with Gasteiger partial charge < -0.3 is 20.6 Å². The summed E-state index contributed by atoms with van der Waals surface area (Å²) in [7, 11) is 0. The van der Waals surface area contributed by atoms with Gasteiger partial charge in [-0.25, -0.2) is 38.9 Å². The molecule has 0 saturated carbocycles. The number of hydrogen-bond acceptors (Lipinski definition) is 12. The van der Waals surface area contributed by atoms with E-state index in [2.05, 4.69) is 60.7 Å². The van der Waals surface area contributed by atoms with Crippen LogP contribution in [0.25, 0.3) is 34.3 Å². The normalized spacial score (nSPS) is 17.8. The highest BCUT2D eigenvalue weighted by Crippen LogP contribution is 2.43. The molecule has 8 aromatic rings. The van der Waals surface area contributed by atoms with Gasteiger partial charge in [-0.2, -0.15) is 54.1 Å². The topological polar surface area (TPSA) is 236 Å². The predicted molar refractivity (Wildman–Crippen MR) is 236 cm³/mol. The second-order valence-electron chi connectivity index (χ2n) is 17.3. The summed E-state index contributed by atoms with van der Waals surface area (Å²) in [5.41, 5.74) is -2.34. The molecule has 0 saturated heterocycles. The number of H-pyrrole nitrogens is 2. The minimum absolute atomic E-state index is 0.0154. The highest BCUT2D eigenvalue weighted by Gasteiger charge is 2.58. The molecule has 0 radical (unpaired) electrons. The Kier molecular flexibility index (Phi) is 11.8. The van der Waals surface area contributed by atoms with Gasteiger partial charge in [0.25, 0.3) is 11.1 Å². The van der Waals surface area contributed by atoms with Gasteiger partial charge in [0.1, 0.15) is 46.5 Å². The van der Waals surface area contributed by atoms with Crippen LogP contribution in [0.2, 0.25) is 0 Å². The van der Waals surface area contributed by atoms with Gasteiger partial charge in [-0.15, -0.1) is 0 Å². The number of aromatic nitrogens is 12. The van der Waals surface area contributed by atoms with Crippen molar-refractivity contribution in [1.82, 2.24) is 59.1 Å². The molecule has 2 unspecified atom stereocenters. The van der Waals surface area contributed by atoms with Crippen LogP contribution in [0.5, 0.6) is 0 Å². The number of benzene rings is 2. The van der Waals surface area contributed by atoms with Gasteiger partial charge in [-0.05, 0) is 44.7 Å². The van der Waals surface area contributed by atoms with Gasteiger partial charge >= 0.3 is 24.2 Å². The smallest absolute Gasteiger partial charge is 0.309 e. The number of halogens is 10. The third-order valence-corrected chi connectivity index (χ3v) is 12.5. The number of hydrogen-bond donors (Lipinski definition) is 4. The van der Waals surface area contributed by atoms with E-state index in [4.69, 9.17) is 0 Å². The Hall–Kier alpha value is -8.46. The van der Waals surface area contributed by atoms with Crippen molar-refractivity contribution < 1.29 is 53.5 Å². The predicted octanol–water partition coefficient (Wildman–Crippen LogP) is 6.83. The Balaban J connectivity index is 0.000000180. The molecule has 18 nitrogen and oxygen atoms in total. The lowest BCUT2D eigenvalue weighted by atomic mass is 9.78. The molecule has 4 N–H and O–H groups in total. The third-order valence-electron chi connectivity index (χ3n) is 12.5. The van der Waals surface area contributed by atoms with Crippen molar-refractivity contribution in [2.24, 2.45) is 0 Å². The van der Waals surface area contributed by atoms with Crippen LogP contribution in [-0.2, 0) is 33.3 Å². The average molecular weight is 1020 g/mol. The summed E-state index contributed by atoms with van der Waals surface area (Å²) in [5.74, 6) is -11.1. The van der Waals surface area contributed by atoms with Gasteiger partial charge in [0.2, 0.25) is 11.8 Å². The van der Waals surface area contributed by atoms with E-state index >= 15 is 0 Å². The second-order valence-corrected chi connectivity index (χ2v) is 17.3. The number of carbonyl (C=O) groups is 2. The molecule has 0 spiro atoms. The number of rotatable bonds is 10. The SMILES string of the molecule is CC1(c2ccccc2)C(=O)Nc2nc(-c3cn4ncnc4c(CCC(F)(F)C(F)(F)F)n3)[nH]c(=O)c21.Cc1cccc(C2(C)C(=O)Nc3nc(-c4cn5ncnc5c(CCC(F)(F)C(F)(F)F)n4)[nH]c(=O)c32)c1. The minimum atomic E-state index is -5.72. The van der Waals surface area contributed by atoms with Crippen LogP contribution in [0.1, 0.15) is 65.9 Å². The summed E-state index contributed by atoms with van der Waals surface area (Å²) >= 11 is 0. The van der Waals surface area contributed by atoms with Crippen LogP contribution in [0.4, 0.5) is 55.5 Å². The van der Waals surface area contributed by atoms with Crippen LogP contribution in [0.3, 0.4) is 0 Å². The molecule has 8 heterocycles. The molecular weight excluding hydrogens is 991 g/mol. The number of alkyl halides is 10. The standard InChI is InChI=1S/C23H18F5N7O2.C22H16F5N7O2/c1-11-4-3-5-12(8-11)21(2)15-17(34-20(21)37)32-16(33-19(15)36)14-9-35-18(29-10-30-35)13(31-14)6-7-22(24,25)23(26,27)28;1-20(11-5-3-2-4-6-11)14-16(33-19(20)36)31-15(32-18(14)35)13-9-34-17(28-10-29-34)12(30-13)7-8-21(23,24)22(25,26)27/h3-5,8-10H,6-7H2,1-2H3,(H2,32,33,34,36,37);2-6,9-10H,7-8H2,1H3,(H2,31,32,33,35,36). The van der Waals surface area contributed by atoms with E-state index in [9.17, 15) is 63.1 Å². The Labute approximate surface area is 401 Å². The van der Waals surface area contributed by atoms with Gasteiger partial charge in [0.15, 0.2) is 22.9 Å². The maximum atomic E-state index is 13.5. The first-order chi connectivity index (χ1) is 34.2. The summed E-state index contributed by atoms with van der Waals surface area (Å²) in [6, 6.07) is 15.7. The lowest BCUT2D eigenvalue weighted by molar-refractivity contribution is -0.284. The zero-order valence-electron chi connectivity index (χ0n) is 37.7. The lowest BCUT2D eigenvalue weighted by Gasteiger charge is -2.22. The fourth-order valence-electron chi connectivity index (χ4n) is 8.45. The van der Waals surface area contributed by atoms with Crippen LogP contribution in [0, 0.1) is 6.92 Å². The third kappa shape index (κ3) is 8.57. The Bertz CT molecular complexity index is 3630. The monoisotopic (exact) mass is 1020 g/mol. The van der Waals surface area contributed by atoms with Crippen molar-refractivity contribution in [1.29, 1.82) is 0 Å². The molecule has 73 heavy (non-hydrogen) atoms. The van der Waals surface area contributed by atoms with Crippen molar-refractivity contribution in [3.63, 3.8) is 0 Å². The molecule has 0 aliphatic carbocycles. The summed E-state index contributed by atoms with van der Waals surface area (Å²) in [5, 5.41) is 13.0. The number of nitrogens with zero attached hydrogens (tertiary/aromatic N) is 10. The molecule has 6 aromatic heterocycles. The Morgan fingerprint density at radius 1 is 0.562 bits per heavy atom. The van der Waals surface area contributed by atoms with Crippen molar-refractivity contribution >= 4 is 34.7 Å². The quantitative estimate of drug-likeness (QED) is 0.103. The van der Waals surface area contributed by atoms with Crippen molar-refractivity contribution in [3.8, 4) is 23.0 Å². The largest absolute Gasteiger partial charge is 0.453 e. The van der Waals surface area contributed by atoms with Gasteiger partial charge in [0, 0.05) is 12.8 Å². The summed E-state index contributed by atoms with van der Waals surface area (Å²) < 4.78 is 132. The van der Waals surface area contributed by atoms with E-state index in [0.717, 1.165) is 27.2 Å². The minimum Gasteiger partial charge on any atom is -0.309 e. The number of aryl methyl sites for hydroxylation is 3. The van der Waals surface area contributed by atoms with Gasteiger partial charge in [0.05, 0.1) is 34.9 Å². The maximum Gasteiger partial charge on any atom is 0.453 e. The van der Waals surface area contributed by atoms with Gasteiger partial charge in [-0.3, -0.25) is 19.2 Å². The molecule has 0 bridgehead atoms. The van der Waals surface area contributed by atoms with E-state index < -0.39 is 83.6 Å². The molecule has 2 aliphatic rings. The zero-order chi connectivity index (χ0) is 52.6. The van der Waals surface area contributed by atoms with Crippen LogP contribution < -0.4 is 21.8 Å². The number of aromatic amines is 2. The Morgan fingerprint density at radius 3 is 1.41 bits per heavy atom. The molecule has 0 fully saturated rings. The van der Waals surface area contributed by atoms with E-state index in [0.29, 0.717) is 11.1 Å². The Morgan fingerprint density at radius 2 is 0.986 bits per heavy atom. The molecule has 2 atom stereocenters. The van der Waals surface area contributed by atoms with E-state index in [-0.39, 0.29) is 68.5 Å². The molecule has 28 heteroatoms. The first-order valence-electron chi connectivity index (χ1n) is 21.6. The lowest BCUT2D eigenvalue weighted by Crippen LogP contribution is -2.36. The first kappa shape index (κ1) is 49.5. The van der Waals surface area contributed by atoms with E-state index in [1.165, 1.54) is 12.4 Å². The highest BCUT2D eigenvalue weighted by molar-refractivity contribution is 6.08.